The van der Waals surface area contributed by atoms with Crippen LogP contribution >= 0.6 is 0 Å². The monoisotopic (exact) mass is 272 g/mol. The summed E-state index contributed by atoms with van der Waals surface area (Å²) in [6, 6.07) is 0. The maximum atomic E-state index is 11.2. The number of hydrogen-bond acceptors (Lipinski definition) is 4. The molecule has 0 spiro atoms. The van der Waals surface area contributed by atoms with Gasteiger partial charge in [0.25, 0.3) is 0 Å². The van der Waals surface area contributed by atoms with E-state index in [1.54, 1.807) is 0 Å². The molecule has 2 N–H and O–H groups in total. The van der Waals surface area contributed by atoms with E-state index in [9.17, 15) is 4.79 Å². The molecule has 0 atom stereocenters. The Morgan fingerprint density at radius 3 is 2.53 bits per heavy atom. The Labute approximate surface area is 118 Å². The van der Waals surface area contributed by atoms with Crippen LogP contribution in [-0.2, 0) is 9.53 Å². The Hall–Kier alpha value is -0.610. The standard InChI is InChI=1S/C15H32N2O2/c1-5-6-7-8-10-15(2,3)17(4)12-13-19-14(18)9-11-16/h5-13,16H2,1-4H3. The highest BCUT2D eigenvalue weighted by Gasteiger charge is 2.22. The molecule has 0 aliphatic rings. The second-order valence-electron chi connectivity index (χ2n) is 5.80. The lowest BCUT2D eigenvalue weighted by Crippen LogP contribution is -2.43. The highest BCUT2D eigenvalue weighted by molar-refractivity contribution is 5.69. The van der Waals surface area contributed by atoms with Gasteiger partial charge in [-0.15, -0.1) is 0 Å². The summed E-state index contributed by atoms with van der Waals surface area (Å²) in [5.74, 6) is -0.198. The van der Waals surface area contributed by atoms with Gasteiger partial charge < -0.3 is 10.5 Å². The van der Waals surface area contributed by atoms with Gasteiger partial charge in [-0.05, 0) is 27.3 Å². The van der Waals surface area contributed by atoms with E-state index in [1.807, 2.05) is 0 Å². The first-order valence-corrected chi connectivity index (χ1v) is 7.51. The van der Waals surface area contributed by atoms with Gasteiger partial charge in [0.15, 0.2) is 0 Å². The van der Waals surface area contributed by atoms with Crippen LogP contribution in [0.1, 0.15) is 59.3 Å². The molecule has 0 radical (unpaired) electrons. The molecule has 0 heterocycles. The van der Waals surface area contributed by atoms with E-state index < -0.39 is 0 Å². The minimum Gasteiger partial charge on any atom is -0.464 e. The summed E-state index contributed by atoms with van der Waals surface area (Å²) in [4.78, 5) is 13.5. The summed E-state index contributed by atoms with van der Waals surface area (Å²) in [5, 5.41) is 0. The third-order valence-corrected chi connectivity index (χ3v) is 3.71. The van der Waals surface area contributed by atoms with Crippen LogP contribution in [0.25, 0.3) is 0 Å². The summed E-state index contributed by atoms with van der Waals surface area (Å²) in [6.45, 7) is 8.32. The van der Waals surface area contributed by atoms with Crippen molar-refractivity contribution < 1.29 is 9.53 Å². The molecule has 0 fully saturated rings. The number of hydrogen-bond donors (Lipinski definition) is 1. The minimum atomic E-state index is -0.198. The normalized spacial score (nSPS) is 11.9. The van der Waals surface area contributed by atoms with Crippen molar-refractivity contribution in [3.05, 3.63) is 0 Å². The largest absolute Gasteiger partial charge is 0.464 e. The van der Waals surface area contributed by atoms with Gasteiger partial charge in [-0.25, -0.2) is 0 Å². The van der Waals surface area contributed by atoms with Gasteiger partial charge in [-0.3, -0.25) is 9.69 Å². The average Bonchev–Trinajstić information content (AvgIpc) is 2.35. The first kappa shape index (κ1) is 18.4. The van der Waals surface area contributed by atoms with Crippen LogP contribution in [0, 0.1) is 0 Å². The number of rotatable bonds is 11. The Kier molecular flexibility index (Phi) is 9.88. The first-order valence-electron chi connectivity index (χ1n) is 7.51. The maximum absolute atomic E-state index is 11.2. The molecule has 0 saturated carbocycles. The van der Waals surface area contributed by atoms with Crippen LogP contribution < -0.4 is 5.73 Å². The smallest absolute Gasteiger partial charge is 0.307 e. The number of nitrogens with zero attached hydrogens (tertiary/aromatic N) is 1. The summed E-state index contributed by atoms with van der Waals surface area (Å²) in [7, 11) is 2.09. The zero-order valence-corrected chi connectivity index (χ0v) is 13.2. The lowest BCUT2D eigenvalue weighted by molar-refractivity contribution is -0.144. The molecule has 0 amide bonds. The van der Waals surface area contributed by atoms with Crippen LogP contribution in [0.3, 0.4) is 0 Å². The van der Waals surface area contributed by atoms with E-state index in [4.69, 9.17) is 10.5 Å². The fourth-order valence-corrected chi connectivity index (χ4v) is 1.96. The van der Waals surface area contributed by atoms with Gasteiger partial charge in [-0.1, -0.05) is 32.6 Å². The van der Waals surface area contributed by atoms with Crippen molar-refractivity contribution in [2.75, 3.05) is 26.7 Å². The molecule has 0 unspecified atom stereocenters. The van der Waals surface area contributed by atoms with Gasteiger partial charge in [0.1, 0.15) is 6.61 Å². The highest BCUT2D eigenvalue weighted by atomic mass is 16.5. The van der Waals surface area contributed by atoms with E-state index in [-0.39, 0.29) is 11.5 Å². The number of ether oxygens (including phenoxy) is 1. The number of carbonyl (C=O) groups is 1. The molecule has 0 aromatic rings. The van der Waals surface area contributed by atoms with Crippen molar-refractivity contribution in [3.63, 3.8) is 0 Å². The summed E-state index contributed by atoms with van der Waals surface area (Å²) < 4.78 is 5.13. The van der Waals surface area contributed by atoms with Gasteiger partial charge in [-0.2, -0.15) is 0 Å². The molecule has 0 aliphatic heterocycles. The quantitative estimate of drug-likeness (QED) is 0.464. The molecule has 114 valence electrons. The third kappa shape index (κ3) is 9.00. The molecular formula is C15H32N2O2. The van der Waals surface area contributed by atoms with Crippen LogP contribution in [0.15, 0.2) is 0 Å². The average molecular weight is 272 g/mol. The van der Waals surface area contributed by atoms with Crippen molar-refractivity contribution in [1.29, 1.82) is 0 Å². The van der Waals surface area contributed by atoms with Crippen LogP contribution in [-0.4, -0.2) is 43.2 Å². The third-order valence-electron chi connectivity index (χ3n) is 3.71. The van der Waals surface area contributed by atoms with E-state index in [1.165, 1.54) is 32.1 Å². The molecule has 4 nitrogen and oxygen atoms in total. The lowest BCUT2D eigenvalue weighted by Gasteiger charge is -2.35. The van der Waals surface area contributed by atoms with E-state index in [2.05, 4.69) is 32.7 Å². The second-order valence-corrected chi connectivity index (χ2v) is 5.80. The molecule has 0 aliphatic carbocycles. The first-order chi connectivity index (χ1) is 8.94. The van der Waals surface area contributed by atoms with Crippen molar-refractivity contribution in [2.45, 2.75) is 64.8 Å². The van der Waals surface area contributed by atoms with Crippen LogP contribution in [0.4, 0.5) is 0 Å². The van der Waals surface area contributed by atoms with E-state index in [0.717, 1.165) is 6.54 Å². The molecule has 0 aromatic heterocycles. The Morgan fingerprint density at radius 1 is 1.26 bits per heavy atom. The topological polar surface area (TPSA) is 55.6 Å². The predicted molar refractivity (Wildman–Crippen MR) is 80.1 cm³/mol. The number of nitrogens with two attached hydrogens (primary N) is 1. The fraction of sp³-hybridized carbons (Fsp3) is 0.933. The number of carbonyl (C=O) groups excluding carboxylic acids is 1. The Morgan fingerprint density at radius 2 is 1.95 bits per heavy atom. The zero-order chi connectivity index (χ0) is 14.7. The van der Waals surface area contributed by atoms with Crippen molar-refractivity contribution in [2.24, 2.45) is 5.73 Å². The molecule has 4 heteroatoms. The summed E-state index contributed by atoms with van der Waals surface area (Å²) in [6.07, 6.45) is 6.64. The Bertz CT molecular complexity index is 242. The molecular weight excluding hydrogens is 240 g/mol. The van der Waals surface area contributed by atoms with Gasteiger partial charge in [0.2, 0.25) is 0 Å². The maximum Gasteiger partial charge on any atom is 0.307 e. The van der Waals surface area contributed by atoms with Crippen molar-refractivity contribution in [3.8, 4) is 0 Å². The lowest BCUT2D eigenvalue weighted by atomic mass is 9.95. The van der Waals surface area contributed by atoms with Crippen LogP contribution in [0.2, 0.25) is 0 Å². The van der Waals surface area contributed by atoms with Crippen molar-refractivity contribution >= 4 is 5.97 Å². The fourth-order valence-electron chi connectivity index (χ4n) is 1.96. The van der Waals surface area contributed by atoms with Gasteiger partial charge in [0.05, 0.1) is 6.42 Å². The Balaban J connectivity index is 3.83. The van der Waals surface area contributed by atoms with Crippen molar-refractivity contribution in [1.82, 2.24) is 4.90 Å². The number of esters is 1. The molecule has 0 bridgehead atoms. The molecule has 19 heavy (non-hydrogen) atoms. The predicted octanol–water partition coefficient (Wildman–Crippen LogP) is 2.56. The zero-order valence-electron chi connectivity index (χ0n) is 13.2. The van der Waals surface area contributed by atoms with Gasteiger partial charge in [0, 0.05) is 18.6 Å². The van der Waals surface area contributed by atoms with E-state index >= 15 is 0 Å². The van der Waals surface area contributed by atoms with Crippen LogP contribution in [0.5, 0.6) is 0 Å². The van der Waals surface area contributed by atoms with Gasteiger partial charge >= 0.3 is 5.97 Å². The highest BCUT2D eigenvalue weighted by Crippen LogP contribution is 2.20. The molecule has 0 saturated heterocycles. The minimum absolute atomic E-state index is 0.161. The number of likely N-dealkylation sites (N-methyl/N-ethyl adjacent to an activating group) is 1. The SMILES string of the molecule is CCCCCCC(C)(C)N(C)CCOC(=O)CCN. The summed E-state index contributed by atoms with van der Waals surface area (Å²) in [5.41, 5.74) is 5.46. The summed E-state index contributed by atoms with van der Waals surface area (Å²) >= 11 is 0. The van der Waals surface area contributed by atoms with E-state index in [0.29, 0.717) is 19.6 Å². The number of unbranched alkanes of at least 4 members (excludes halogenated alkanes) is 3. The second kappa shape index (κ2) is 10.2. The molecule has 0 rings (SSSR count). The molecule has 0 aromatic carbocycles.